The lowest BCUT2D eigenvalue weighted by atomic mass is 10.0. The van der Waals surface area contributed by atoms with Crippen LogP contribution in [0, 0.1) is 0 Å². The summed E-state index contributed by atoms with van der Waals surface area (Å²) in [6.07, 6.45) is 3.81. The molecule has 1 atom stereocenters. The molecule has 0 N–H and O–H groups in total. The molecule has 0 radical (unpaired) electrons. The fourth-order valence-corrected chi connectivity index (χ4v) is 3.93. The van der Waals surface area contributed by atoms with Gasteiger partial charge in [0, 0.05) is 11.9 Å². The van der Waals surface area contributed by atoms with E-state index < -0.39 is 8.32 Å². The third-order valence-electron chi connectivity index (χ3n) is 4.78. The van der Waals surface area contributed by atoms with E-state index in [1.54, 1.807) is 11.3 Å². The Labute approximate surface area is 128 Å². The van der Waals surface area contributed by atoms with E-state index in [9.17, 15) is 0 Å². The zero-order chi connectivity index (χ0) is 14.8. The van der Waals surface area contributed by atoms with Crippen LogP contribution >= 0.6 is 11.3 Å². The van der Waals surface area contributed by atoms with Crippen molar-refractivity contribution >= 4 is 25.5 Å². The summed E-state index contributed by atoms with van der Waals surface area (Å²) in [4.78, 5) is 6.94. The first-order valence-electron chi connectivity index (χ1n) is 7.60. The van der Waals surface area contributed by atoms with E-state index in [0.29, 0.717) is 6.04 Å². The maximum Gasteiger partial charge on any atom is 0.192 e. The summed E-state index contributed by atoms with van der Waals surface area (Å²) < 4.78 is 6.43. The highest BCUT2D eigenvalue weighted by Crippen LogP contribution is 2.37. The van der Waals surface area contributed by atoms with Gasteiger partial charge < -0.3 is 9.33 Å². The van der Waals surface area contributed by atoms with Crippen LogP contribution in [0.1, 0.15) is 40.0 Å². The van der Waals surface area contributed by atoms with Gasteiger partial charge in [-0.1, -0.05) is 20.8 Å². The molecule has 1 aromatic heterocycles. The van der Waals surface area contributed by atoms with Crippen molar-refractivity contribution in [3.63, 3.8) is 0 Å². The van der Waals surface area contributed by atoms with Gasteiger partial charge in [0.15, 0.2) is 8.32 Å². The van der Waals surface area contributed by atoms with Crippen LogP contribution in [0.2, 0.25) is 18.1 Å². The Morgan fingerprint density at radius 1 is 1.40 bits per heavy atom. The second-order valence-electron chi connectivity index (χ2n) is 7.26. The lowest BCUT2D eigenvalue weighted by Gasteiger charge is -2.41. The van der Waals surface area contributed by atoms with Crippen molar-refractivity contribution in [3.05, 3.63) is 10.9 Å². The minimum atomic E-state index is -1.65. The predicted octanol–water partition coefficient (Wildman–Crippen LogP) is 4.52. The molecule has 1 fully saturated rings. The number of rotatable bonds is 4. The summed E-state index contributed by atoms with van der Waals surface area (Å²) in [5.74, 6) is 1.14. The highest BCUT2D eigenvalue weighted by Gasteiger charge is 2.38. The molecule has 0 aromatic carbocycles. The molecule has 0 saturated carbocycles. The first-order valence-corrected chi connectivity index (χ1v) is 11.5. The zero-order valence-electron chi connectivity index (χ0n) is 13.5. The number of nitrogens with zero attached hydrogens (tertiary/aromatic N) is 2. The van der Waals surface area contributed by atoms with Gasteiger partial charge >= 0.3 is 0 Å². The van der Waals surface area contributed by atoms with Gasteiger partial charge in [0.1, 0.15) is 5.82 Å². The second-order valence-corrected chi connectivity index (χ2v) is 12.8. The van der Waals surface area contributed by atoms with Crippen molar-refractivity contribution < 1.29 is 4.43 Å². The lowest BCUT2D eigenvalue weighted by molar-refractivity contribution is 0.239. The molecule has 1 aliphatic heterocycles. The molecule has 1 aliphatic rings. The van der Waals surface area contributed by atoms with Crippen molar-refractivity contribution in [3.8, 4) is 0 Å². The van der Waals surface area contributed by atoms with Gasteiger partial charge in [-0.2, -0.15) is 0 Å². The first-order chi connectivity index (χ1) is 9.31. The lowest BCUT2D eigenvalue weighted by Crippen LogP contribution is -2.48. The third-order valence-corrected chi connectivity index (χ3v) is 9.86. The minimum absolute atomic E-state index is 0.285. The Bertz CT molecular complexity index is 414. The smallest absolute Gasteiger partial charge is 0.192 e. The van der Waals surface area contributed by atoms with Crippen LogP contribution in [0.5, 0.6) is 0 Å². The molecule has 3 nitrogen and oxygen atoms in total. The quantitative estimate of drug-likeness (QED) is 0.764. The fraction of sp³-hybridized carbons (Fsp3) is 0.800. The largest absolute Gasteiger partial charge is 0.415 e. The Kier molecular flexibility index (Phi) is 4.92. The summed E-state index contributed by atoms with van der Waals surface area (Å²) in [7, 11) is -1.65. The van der Waals surface area contributed by atoms with Gasteiger partial charge in [0.25, 0.3) is 0 Å². The van der Waals surface area contributed by atoms with E-state index in [1.165, 1.54) is 19.3 Å². The van der Waals surface area contributed by atoms with Crippen molar-refractivity contribution in [2.45, 2.75) is 64.2 Å². The van der Waals surface area contributed by atoms with Crippen LogP contribution in [0.3, 0.4) is 0 Å². The molecule has 5 heteroatoms. The monoisotopic (exact) mass is 312 g/mol. The molecule has 1 aromatic rings. The van der Waals surface area contributed by atoms with Crippen molar-refractivity contribution in [1.29, 1.82) is 0 Å². The third kappa shape index (κ3) is 3.62. The summed E-state index contributed by atoms with van der Waals surface area (Å²) >= 11 is 1.68. The van der Waals surface area contributed by atoms with Crippen LogP contribution in [0.15, 0.2) is 10.9 Å². The Morgan fingerprint density at radius 3 is 2.75 bits per heavy atom. The molecule has 1 unspecified atom stereocenters. The summed E-state index contributed by atoms with van der Waals surface area (Å²) in [6, 6.07) is 0.500. The normalized spacial score (nSPS) is 21.2. The molecular formula is C15H28N2OSSi. The average Bonchev–Trinajstić information content (AvgIpc) is 2.89. The molecule has 0 spiro atoms. The van der Waals surface area contributed by atoms with Gasteiger partial charge in [-0.25, -0.2) is 4.98 Å². The van der Waals surface area contributed by atoms with Crippen molar-refractivity contribution in [2.24, 2.45) is 0 Å². The Morgan fingerprint density at radius 2 is 2.15 bits per heavy atom. The molecule has 2 rings (SSSR count). The molecule has 0 aliphatic carbocycles. The number of anilines is 1. The van der Waals surface area contributed by atoms with E-state index >= 15 is 0 Å². The molecule has 1 saturated heterocycles. The summed E-state index contributed by atoms with van der Waals surface area (Å²) in [5, 5.41) is 2.44. The topological polar surface area (TPSA) is 25.4 Å². The summed E-state index contributed by atoms with van der Waals surface area (Å²) in [5.41, 5.74) is 1.93. The highest BCUT2D eigenvalue weighted by molar-refractivity contribution is 7.07. The van der Waals surface area contributed by atoms with Crippen molar-refractivity contribution in [2.75, 3.05) is 18.1 Å². The molecule has 114 valence electrons. The Balaban J connectivity index is 2.00. The van der Waals surface area contributed by atoms with Crippen LogP contribution in [-0.2, 0) is 4.43 Å². The Hall–Kier alpha value is -0.393. The van der Waals surface area contributed by atoms with Crippen LogP contribution in [0.4, 0.5) is 5.82 Å². The standard InChI is InChI=1S/C15H28N2OSSi/c1-15(2,3)20(4,5)18-10-13-8-6-7-9-17(13)14-11-19-12-16-14/h11-13H,6-10H2,1-5H3. The van der Waals surface area contributed by atoms with E-state index in [1.807, 2.05) is 5.51 Å². The first kappa shape index (κ1) is 16.0. The average molecular weight is 313 g/mol. The maximum atomic E-state index is 6.43. The van der Waals surface area contributed by atoms with Gasteiger partial charge in [0.2, 0.25) is 0 Å². The van der Waals surface area contributed by atoms with Crippen LogP contribution < -0.4 is 4.90 Å². The van der Waals surface area contributed by atoms with E-state index in [-0.39, 0.29) is 5.04 Å². The van der Waals surface area contributed by atoms with E-state index in [2.05, 4.69) is 49.1 Å². The van der Waals surface area contributed by atoms with Gasteiger partial charge in [-0.05, 0) is 37.4 Å². The molecule has 20 heavy (non-hydrogen) atoms. The van der Waals surface area contributed by atoms with Gasteiger partial charge in [-0.15, -0.1) is 11.3 Å². The molecule has 0 amide bonds. The number of aromatic nitrogens is 1. The van der Waals surface area contributed by atoms with Gasteiger partial charge in [0.05, 0.1) is 18.2 Å². The predicted molar refractivity (Wildman–Crippen MR) is 90.2 cm³/mol. The zero-order valence-corrected chi connectivity index (χ0v) is 15.3. The minimum Gasteiger partial charge on any atom is -0.415 e. The maximum absolute atomic E-state index is 6.43. The second kappa shape index (κ2) is 6.16. The number of hydrogen-bond donors (Lipinski definition) is 0. The number of hydrogen-bond acceptors (Lipinski definition) is 4. The van der Waals surface area contributed by atoms with Crippen LogP contribution in [-0.4, -0.2) is 32.5 Å². The molecular weight excluding hydrogens is 284 g/mol. The summed E-state index contributed by atoms with van der Waals surface area (Å²) in [6.45, 7) is 13.6. The van der Waals surface area contributed by atoms with Gasteiger partial charge in [-0.3, -0.25) is 0 Å². The SMILES string of the molecule is CC(C)(C)[Si](C)(C)OCC1CCCCN1c1cscn1. The highest BCUT2D eigenvalue weighted by atomic mass is 32.1. The molecule has 2 heterocycles. The van der Waals surface area contributed by atoms with Crippen LogP contribution in [0.25, 0.3) is 0 Å². The number of piperidine rings is 1. The molecule has 0 bridgehead atoms. The van der Waals surface area contributed by atoms with E-state index in [0.717, 1.165) is 19.0 Å². The fourth-order valence-electron chi connectivity index (χ4n) is 2.34. The van der Waals surface area contributed by atoms with E-state index in [4.69, 9.17) is 4.43 Å². The van der Waals surface area contributed by atoms with Crippen molar-refractivity contribution in [1.82, 2.24) is 4.98 Å². The number of thiazole rings is 1.